The molecule has 1 fully saturated rings. The fourth-order valence-corrected chi connectivity index (χ4v) is 4.03. The van der Waals surface area contributed by atoms with Gasteiger partial charge in [0.05, 0.1) is 11.7 Å². The van der Waals surface area contributed by atoms with Gasteiger partial charge in [-0.3, -0.25) is 0 Å². The van der Waals surface area contributed by atoms with Gasteiger partial charge in [0.2, 0.25) is 0 Å². The number of nitriles is 1. The molecule has 3 nitrogen and oxygen atoms in total. The third kappa shape index (κ3) is 1.72. The molecular weight excluding hydrogens is 248 g/mol. The Morgan fingerprint density at radius 3 is 2.80 bits per heavy atom. The lowest BCUT2D eigenvalue weighted by molar-refractivity contribution is -0.0778. The van der Waals surface area contributed by atoms with E-state index in [-0.39, 0.29) is 0 Å². The van der Waals surface area contributed by atoms with Gasteiger partial charge in [-0.2, -0.15) is 5.26 Å². The molecule has 0 spiro atoms. The maximum atomic E-state index is 11.3. The number of benzene rings is 1. The van der Waals surface area contributed by atoms with Crippen LogP contribution in [0.15, 0.2) is 24.3 Å². The van der Waals surface area contributed by atoms with Crippen molar-refractivity contribution >= 4 is 0 Å². The molecule has 3 atom stereocenters. The second kappa shape index (κ2) is 4.58. The van der Waals surface area contributed by atoms with Crippen LogP contribution in [0.5, 0.6) is 0 Å². The summed E-state index contributed by atoms with van der Waals surface area (Å²) in [6.45, 7) is 2.99. The number of rotatable bonds is 1. The van der Waals surface area contributed by atoms with Crippen LogP contribution < -0.4 is 0 Å². The predicted molar refractivity (Wildman–Crippen MR) is 78.3 cm³/mol. The standard InChI is InChI=1S/C17H22N2O/c1-13-11-17(20,9-10-19(13)2)16(12-18)8-7-14-5-3-4-6-15(14)16/h3-6,13,20H,7-11H2,1-2H3. The Hall–Kier alpha value is -1.37. The highest BCUT2D eigenvalue weighted by Gasteiger charge is 2.56. The molecule has 3 unspecified atom stereocenters. The molecule has 1 aliphatic heterocycles. The predicted octanol–water partition coefficient (Wildman–Crippen LogP) is 2.24. The summed E-state index contributed by atoms with van der Waals surface area (Å²) < 4.78 is 0. The molecule has 0 bridgehead atoms. The van der Waals surface area contributed by atoms with Crippen LogP contribution in [0, 0.1) is 11.3 Å². The maximum Gasteiger partial charge on any atom is 0.111 e. The summed E-state index contributed by atoms with van der Waals surface area (Å²) >= 11 is 0. The zero-order chi connectivity index (χ0) is 14.4. The van der Waals surface area contributed by atoms with Gasteiger partial charge in [-0.25, -0.2) is 0 Å². The summed E-state index contributed by atoms with van der Waals surface area (Å²) in [5.41, 5.74) is 0.662. The number of nitrogens with zero attached hydrogens (tertiary/aromatic N) is 2. The summed E-state index contributed by atoms with van der Waals surface area (Å²) in [7, 11) is 2.09. The van der Waals surface area contributed by atoms with Crippen molar-refractivity contribution in [2.24, 2.45) is 0 Å². The summed E-state index contributed by atoms with van der Waals surface area (Å²) in [6, 6.07) is 11.0. The van der Waals surface area contributed by atoms with Crippen molar-refractivity contribution in [2.75, 3.05) is 13.6 Å². The third-order valence-electron chi connectivity index (χ3n) is 5.50. The largest absolute Gasteiger partial charge is 0.388 e. The molecule has 1 heterocycles. The SMILES string of the molecule is CC1CC(O)(C2(C#N)CCc3ccccc32)CCN1C. The average Bonchev–Trinajstić information content (AvgIpc) is 2.84. The zero-order valence-electron chi connectivity index (χ0n) is 12.3. The smallest absolute Gasteiger partial charge is 0.111 e. The van der Waals surface area contributed by atoms with Crippen molar-refractivity contribution in [3.8, 4) is 6.07 Å². The maximum absolute atomic E-state index is 11.3. The molecular formula is C17H22N2O. The minimum Gasteiger partial charge on any atom is -0.388 e. The van der Waals surface area contributed by atoms with Crippen LogP contribution >= 0.6 is 0 Å². The van der Waals surface area contributed by atoms with Gasteiger partial charge in [0.15, 0.2) is 0 Å². The summed E-state index contributed by atoms with van der Waals surface area (Å²) in [6.07, 6.45) is 2.99. The number of aryl methyl sites for hydroxylation is 1. The first kappa shape index (κ1) is 13.6. The van der Waals surface area contributed by atoms with Crippen molar-refractivity contribution in [1.82, 2.24) is 4.90 Å². The Kier molecular flexibility index (Phi) is 3.12. The molecule has 0 aromatic heterocycles. The van der Waals surface area contributed by atoms with Crippen LogP contribution in [0.25, 0.3) is 0 Å². The highest BCUT2D eigenvalue weighted by atomic mass is 16.3. The minimum absolute atomic E-state index is 0.312. The van der Waals surface area contributed by atoms with E-state index in [9.17, 15) is 10.4 Å². The Labute approximate surface area is 120 Å². The Morgan fingerprint density at radius 2 is 2.10 bits per heavy atom. The van der Waals surface area contributed by atoms with E-state index in [1.807, 2.05) is 18.2 Å². The Bertz CT molecular complexity index is 564. The quantitative estimate of drug-likeness (QED) is 0.851. The van der Waals surface area contributed by atoms with Gasteiger partial charge in [0, 0.05) is 12.6 Å². The lowest BCUT2D eigenvalue weighted by Crippen LogP contribution is -2.58. The first-order valence-corrected chi connectivity index (χ1v) is 7.45. The van der Waals surface area contributed by atoms with Gasteiger partial charge < -0.3 is 10.0 Å². The van der Waals surface area contributed by atoms with E-state index in [1.165, 1.54) is 5.56 Å². The number of fused-ring (bicyclic) bond motifs is 1. The topological polar surface area (TPSA) is 47.3 Å². The van der Waals surface area contributed by atoms with Crippen LogP contribution in [0.1, 0.15) is 37.3 Å². The molecule has 1 N–H and O–H groups in total. The van der Waals surface area contributed by atoms with Gasteiger partial charge in [-0.05, 0) is 50.8 Å². The second-order valence-electron chi connectivity index (χ2n) is 6.49. The van der Waals surface area contributed by atoms with Crippen molar-refractivity contribution in [1.29, 1.82) is 5.26 Å². The zero-order valence-corrected chi connectivity index (χ0v) is 12.3. The molecule has 1 aliphatic carbocycles. The lowest BCUT2D eigenvalue weighted by atomic mass is 9.63. The second-order valence-corrected chi connectivity index (χ2v) is 6.49. The van der Waals surface area contributed by atoms with E-state index in [0.717, 1.165) is 24.9 Å². The molecule has 3 rings (SSSR count). The minimum atomic E-state index is -0.902. The van der Waals surface area contributed by atoms with E-state index < -0.39 is 11.0 Å². The van der Waals surface area contributed by atoms with Crippen molar-refractivity contribution in [3.63, 3.8) is 0 Å². The van der Waals surface area contributed by atoms with Gasteiger partial charge >= 0.3 is 0 Å². The van der Waals surface area contributed by atoms with E-state index in [0.29, 0.717) is 18.9 Å². The van der Waals surface area contributed by atoms with E-state index in [1.54, 1.807) is 0 Å². The highest BCUT2D eigenvalue weighted by molar-refractivity contribution is 5.47. The summed E-state index contributed by atoms with van der Waals surface area (Å²) in [4.78, 5) is 2.26. The van der Waals surface area contributed by atoms with Crippen LogP contribution in [-0.2, 0) is 11.8 Å². The summed E-state index contributed by atoms with van der Waals surface area (Å²) in [5.74, 6) is 0. The number of hydrogen-bond donors (Lipinski definition) is 1. The first-order valence-electron chi connectivity index (χ1n) is 7.45. The molecule has 0 radical (unpaired) electrons. The molecule has 2 aliphatic rings. The van der Waals surface area contributed by atoms with E-state index >= 15 is 0 Å². The lowest BCUT2D eigenvalue weighted by Gasteiger charge is -2.48. The third-order valence-corrected chi connectivity index (χ3v) is 5.50. The van der Waals surface area contributed by atoms with Crippen LogP contribution in [0.2, 0.25) is 0 Å². The van der Waals surface area contributed by atoms with Gasteiger partial charge in [0.1, 0.15) is 5.41 Å². The molecule has 20 heavy (non-hydrogen) atoms. The van der Waals surface area contributed by atoms with Gasteiger partial charge in [0.25, 0.3) is 0 Å². The average molecular weight is 270 g/mol. The molecule has 0 saturated carbocycles. The number of likely N-dealkylation sites (tertiary alicyclic amines) is 1. The van der Waals surface area contributed by atoms with E-state index in [4.69, 9.17) is 0 Å². The molecule has 1 aromatic carbocycles. The molecule has 1 saturated heterocycles. The van der Waals surface area contributed by atoms with Gasteiger partial charge in [-0.1, -0.05) is 24.3 Å². The van der Waals surface area contributed by atoms with Crippen molar-refractivity contribution < 1.29 is 5.11 Å². The molecule has 106 valence electrons. The number of hydrogen-bond acceptors (Lipinski definition) is 3. The van der Waals surface area contributed by atoms with Gasteiger partial charge in [-0.15, -0.1) is 0 Å². The fourth-order valence-electron chi connectivity index (χ4n) is 4.03. The van der Waals surface area contributed by atoms with Crippen molar-refractivity contribution in [3.05, 3.63) is 35.4 Å². The summed E-state index contributed by atoms with van der Waals surface area (Å²) in [5, 5.41) is 21.2. The molecule has 0 amide bonds. The van der Waals surface area contributed by atoms with E-state index in [2.05, 4.69) is 31.0 Å². The first-order chi connectivity index (χ1) is 9.52. The molecule has 1 aromatic rings. The Morgan fingerprint density at radius 1 is 1.35 bits per heavy atom. The molecule has 3 heteroatoms. The van der Waals surface area contributed by atoms with Crippen LogP contribution in [0.3, 0.4) is 0 Å². The number of aliphatic hydroxyl groups is 1. The van der Waals surface area contributed by atoms with Crippen molar-refractivity contribution in [2.45, 2.75) is 49.7 Å². The number of piperidine rings is 1. The fraction of sp³-hybridized carbons (Fsp3) is 0.588. The highest BCUT2D eigenvalue weighted by Crippen LogP contribution is 2.50. The monoisotopic (exact) mass is 270 g/mol. The van der Waals surface area contributed by atoms with Crippen LogP contribution in [-0.4, -0.2) is 35.2 Å². The van der Waals surface area contributed by atoms with Crippen LogP contribution in [0.4, 0.5) is 0 Å². The normalized spacial score (nSPS) is 37.4. The Balaban J connectivity index is 2.05.